The van der Waals surface area contributed by atoms with Crippen molar-refractivity contribution in [2.45, 2.75) is 12.7 Å². The van der Waals surface area contributed by atoms with E-state index in [1.807, 2.05) is 18.2 Å². The van der Waals surface area contributed by atoms with Gasteiger partial charge in [-0.2, -0.15) is 0 Å². The van der Waals surface area contributed by atoms with Gasteiger partial charge in [-0.3, -0.25) is 0 Å². The molecule has 1 unspecified atom stereocenters. The monoisotopic (exact) mass is 240 g/mol. The summed E-state index contributed by atoms with van der Waals surface area (Å²) >= 11 is 6.51. The van der Waals surface area contributed by atoms with Crippen LogP contribution in [0.4, 0.5) is 0 Å². The summed E-state index contributed by atoms with van der Waals surface area (Å²) in [7, 11) is 0. The average molecular weight is 240 g/mol. The van der Waals surface area contributed by atoms with Crippen LogP contribution in [0.3, 0.4) is 0 Å². The molecule has 1 aliphatic heterocycles. The molecular formula is C11H12O2S2. The summed E-state index contributed by atoms with van der Waals surface area (Å²) in [6, 6.07) is 10.1. The predicted molar refractivity (Wildman–Crippen MR) is 66.0 cm³/mol. The van der Waals surface area contributed by atoms with Crippen LogP contribution in [0.5, 0.6) is 0 Å². The summed E-state index contributed by atoms with van der Waals surface area (Å²) in [4.78, 5) is 0. The van der Waals surface area contributed by atoms with Crippen molar-refractivity contribution in [3.05, 3.63) is 35.9 Å². The summed E-state index contributed by atoms with van der Waals surface area (Å²) in [6.07, 6.45) is 0.131. The number of rotatable bonds is 4. The van der Waals surface area contributed by atoms with Gasteiger partial charge in [-0.1, -0.05) is 42.1 Å². The van der Waals surface area contributed by atoms with Crippen LogP contribution in [0.15, 0.2) is 30.3 Å². The number of thiocarbonyl (C=S) groups is 1. The topological polar surface area (TPSA) is 18.5 Å². The molecule has 2 nitrogen and oxygen atoms in total. The van der Waals surface area contributed by atoms with Gasteiger partial charge in [-0.15, -0.1) is 0 Å². The third-order valence-corrected chi connectivity index (χ3v) is 3.39. The highest BCUT2D eigenvalue weighted by atomic mass is 32.2. The fourth-order valence-corrected chi connectivity index (χ4v) is 2.36. The maximum atomic E-state index is 5.55. The van der Waals surface area contributed by atoms with Crippen LogP contribution in [0, 0.1) is 0 Å². The van der Waals surface area contributed by atoms with Crippen LogP contribution in [0.25, 0.3) is 0 Å². The van der Waals surface area contributed by atoms with Gasteiger partial charge in [-0.25, -0.2) is 0 Å². The van der Waals surface area contributed by atoms with Gasteiger partial charge in [0.2, 0.25) is 4.38 Å². The third-order valence-electron chi connectivity index (χ3n) is 2.07. The Morgan fingerprint density at radius 2 is 2.20 bits per heavy atom. The summed E-state index contributed by atoms with van der Waals surface area (Å²) in [5, 5.41) is 0. The number of benzene rings is 1. The van der Waals surface area contributed by atoms with Gasteiger partial charge in [0.1, 0.15) is 6.10 Å². The molecule has 1 aromatic rings. The van der Waals surface area contributed by atoms with E-state index in [-0.39, 0.29) is 6.10 Å². The molecule has 4 heteroatoms. The van der Waals surface area contributed by atoms with Crippen molar-refractivity contribution >= 4 is 28.4 Å². The molecule has 0 spiro atoms. The summed E-state index contributed by atoms with van der Waals surface area (Å²) < 4.78 is 11.6. The Bertz CT molecular complexity index is 327. The second-order valence-electron chi connectivity index (χ2n) is 3.30. The van der Waals surface area contributed by atoms with Crippen LogP contribution in [-0.4, -0.2) is 22.8 Å². The van der Waals surface area contributed by atoms with Gasteiger partial charge in [0.25, 0.3) is 0 Å². The normalized spacial score (nSPS) is 20.3. The van der Waals surface area contributed by atoms with Gasteiger partial charge in [-0.05, 0) is 17.8 Å². The molecule has 1 heterocycles. The highest BCUT2D eigenvalue weighted by Gasteiger charge is 2.21. The zero-order valence-corrected chi connectivity index (χ0v) is 9.85. The van der Waals surface area contributed by atoms with Crippen LogP contribution in [0.2, 0.25) is 0 Å². The summed E-state index contributed by atoms with van der Waals surface area (Å²) in [6.45, 7) is 1.25. The second-order valence-corrected chi connectivity index (χ2v) is 4.92. The standard InChI is InChI=1S/C11H12O2S2/c14-11-13-10(8-15-11)7-12-6-9-4-2-1-3-5-9/h1-5,10H,6-8H2. The van der Waals surface area contributed by atoms with E-state index in [1.54, 1.807) is 11.8 Å². The van der Waals surface area contributed by atoms with Crippen LogP contribution in [-0.2, 0) is 16.1 Å². The zero-order chi connectivity index (χ0) is 10.5. The first-order valence-electron chi connectivity index (χ1n) is 4.79. The molecule has 1 saturated heterocycles. The molecule has 80 valence electrons. The lowest BCUT2D eigenvalue weighted by Crippen LogP contribution is -2.17. The lowest BCUT2D eigenvalue weighted by atomic mass is 10.2. The minimum absolute atomic E-state index is 0.131. The Balaban J connectivity index is 1.69. The molecule has 0 aliphatic carbocycles. The summed E-state index contributed by atoms with van der Waals surface area (Å²) in [5.41, 5.74) is 1.19. The number of hydrogen-bond acceptors (Lipinski definition) is 4. The Kier molecular flexibility index (Phi) is 4.00. The SMILES string of the molecule is S=C1OC(COCc2ccccc2)CS1. The van der Waals surface area contributed by atoms with Crippen molar-refractivity contribution in [1.82, 2.24) is 0 Å². The van der Waals surface area contributed by atoms with Gasteiger partial charge < -0.3 is 9.47 Å². The van der Waals surface area contributed by atoms with Crippen molar-refractivity contribution in [3.63, 3.8) is 0 Å². The third kappa shape index (κ3) is 3.48. The quantitative estimate of drug-likeness (QED) is 0.753. The highest BCUT2D eigenvalue weighted by molar-refractivity contribution is 8.22. The number of thioether (sulfide) groups is 1. The predicted octanol–water partition coefficient (Wildman–Crippen LogP) is 2.62. The van der Waals surface area contributed by atoms with E-state index in [4.69, 9.17) is 21.7 Å². The lowest BCUT2D eigenvalue weighted by Gasteiger charge is -2.09. The van der Waals surface area contributed by atoms with Crippen molar-refractivity contribution in [3.8, 4) is 0 Å². The van der Waals surface area contributed by atoms with E-state index >= 15 is 0 Å². The molecule has 1 aromatic carbocycles. The number of hydrogen-bond donors (Lipinski definition) is 0. The minimum atomic E-state index is 0.131. The average Bonchev–Trinajstić information content (AvgIpc) is 2.66. The van der Waals surface area contributed by atoms with Crippen molar-refractivity contribution < 1.29 is 9.47 Å². The van der Waals surface area contributed by atoms with Crippen molar-refractivity contribution in [2.24, 2.45) is 0 Å². The van der Waals surface area contributed by atoms with Crippen LogP contribution < -0.4 is 0 Å². The van der Waals surface area contributed by atoms with E-state index in [1.165, 1.54) is 5.56 Å². The smallest absolute Gasteiger partial charge is 0.220 e. The Labute approximate surface area is 99.0 Å². The van der Waals surface area contributed by atoms with Gasteiger partial charge in [0.05, 0.1) is 13.2 Å². The van der Waals surface area contributed by atoms with Crippen LogP contribution in [0.1, 0.15) is 5.56 Å². The fourth-order valence-electron chi connectivity index (χ4n) is 1.33. The first-order valence-corrected chi connectivity index (χ1v) is 6.19. The van der Waals surface area contributed by atoms with Gasteiger partial charge >= 0.3 is 0 Å². The first kappa shape index (κ1) is 10.9. The molecule has 1 fully saturated rings. The molecule has 15 heavy (non-hydrogen) atoms. The fraction of sp³-hybridized carbons (Fsp3) is 0.364. The summed E-state index contributed by atoms with van der Waals surface area (Å²) in [5.74, 6) is 0.910. The molecule has 1 aliphatic rings. The van der Waals surface area contributed by atoms with E-state index in [0.29, 0.717) is 17.6 Å². The van der Waals surface area contributed by atoms with E-state index in [9.17, 15) is 0 Å². The molecule has 0 aromatic heterocycles. The molecular weight excluding hydrogens is 228 g/mol. The molecule has 0 radical (unpaired) electrons. The first-order chi connectivity index (χ1) is 7.34. The van der Waals surface area contributed by atoms with Crippen LogP contribution >= 0.6 is 24.0 Å². The Morgan fingerprint density at radius 3 is 2.87 bits per heavy atom. The van der Waals surface area contributed by atoms with Gasteiger partial charge in [0, 0.05) is 5.75 Å². The molecule has 0 bridgehead atoms. The minimum Gasteiger partial charge on any atom is -0.472 e. The maximum Gasteiger partial charge on any atom is 0.220 e. The van der Waals surface area contributed by atoms with E-state index < -0.39 is 0 Å². The Morgan fingerprint density at radius 1 is 1.40 bits per heavy atom. The molecule has 0 saturated carbocycles. The Hall–Kier alpha value is -0.580. The van der Waals surface area contributed by atoms with Crippen molar-refractivity contribution in [1.29, 1.82) is 0 Å². The molecule has 2 rings (SSSR count). The molecule has 1 atom stereocenters. The van der Waals surface area contributed by atoms with Gasteiger partial charge in [0.15, 0.2) is 0 Å². The molecule has 0 amide bonds. The second kappa shape index (κ2) is 5.49. The van der Waals surface area contributed by atoms with Crippen molar-refractivity contribution in [2.75, 3.05) is 12.4 Å². The number of ether oxygens (including phenoxy) is 2. The lowest BCUT2D eigenvalue weighted by molar-refractivity contribution is 0.0526. The molecule has 0 N–H and O–H groups in total. The zero-order valence-electron chi connectivity index (χ0n) is 8.22. The maximum absolute atomic E-state index is 5.55. The van der Waals surface area contributed by atoms with E-state index in [0.717, 1.165) is 5.75 Å². The van der Waals surface area contributed by atoms with E-state index in [2.05, 4.69) is 12.1 Å². The highest BCUT2D eigenvalue weighted by Crippen LogP contribution is 2.20. The largest absolute Gasteiger partial charge is 0.472 e.